The predicted octanol–water partition coefficient (Wildman–Crippen LogP) is 3.04. The molecule has 0 aromatic carbocycles. The summed E-state index contributed by atoms with van der Waals surface area (Å²) >= 11 is 0. The highest BCUT2D eigenvalue weighted by Crippen LogP contribution is 2.35. The molecule has 1 saturated carbocycles. The van der Waals surface area contributed by atoms with Gasteiger partial charge in [-0.25, -0.2) is 0 Å². The second-order valence-corrected chi connectivity index (χ2v) is 6.61. The van der Waals surface area contributed by atoms with Crippen molar-refractivity contribution in [1.29, 1.82) is 0 Å². The number of hydrogen-bond acceptors (Lipinski definition) is 2. The van der Waals surface area contributed by atoms with Crippen LogP contribution >= 0.6 is 0 Å². The van der Waals surface area contributed by atoms with E-state index in [0.29, 0.717) is 24.9 Å². The van der Waals surface area contributed by atoms with Crippen LogP contribution in [0.1, 0.15) is 39.5 Å². The molecule has 2 nitrogen and oxygen atoms in total. The molecule has 0 radical (unpaired) electrons. The summed E-state index contributed by atoms with van der Waals surface area (Å²) in [6, 6.07) is 0.781. The lowest BCUT2D eigenvalue weighted by molar-refractivity contribution is -0.149. The van der Waals surface area contributed by atoms with Crippen molar-refractivity contribution in [3.8, 4) is 0 Å². The molecular weight excluding hydrogens is 253 g/mol. The predicted molar refractivity (Wildman–Crippen MR) is 70.0 cm³/mol. The quantitative estimate of drug-likeness (QED) is 0.831. The smallest absolute Gasteiger partial charge is 0.312 e. The van der Waals surface area contributed by atoms with E-state index in [-0.39, 0.29) is 12.0 Å². The molecule has 2 atom stereocenters. The van der Waals surface area contributed by atoms with Crippen molar-refractivity contribution in [2.24, 2.45) is 11.8 Å². The van der Waals surface area contributed by atoms with E-state index < -0.39 is 12.6 Å². The van der Waals surface area contributed by atoms with E-state index in [9.17, 15) is 13.2 Å². The molecule has 2 aliphatic rings. The Morgan fingerprint density at radius 2 is 1.89 bits per heavy atom. The van der Waals surface area contributed by atoms with Crippen LogP contribution in [0.4, 0.5) is 13.2 Å². The Hall–Kier alpha value is -0.290. The molecule has 0 bridgehead atoms. The summed E-state index contributed by atoms with van der Waals surface area (Å²) in [5, 5.41) is 3.44. The third-order valence-electron chi connectivity index (χ3n) is 3.96. The van der Waals surface area contributed by atoms with E-state index in [2.05, 4.69) is 24.1 Å². The van der Waals surface area contributed by atoms with Gasteiger partial charge in [0.1, 0.15) is 0 Å². The highest BCUT2D eigenvalue weighted by atomic mass is 19.4. The van der Waals surface area contributed by atoms with E-state index in [1.807, 2.05) is 0 Å². The van der Waals surface area contributed by atoms with Gasteiger partial charge in [-0.05, 0) is 37.6 Å². The van der Waals surface area contributed by atoms with Crippen LogP contribution in [-0.4, -0.2) is 42.8 Å². The molecule has 112 valence electrons. The molecule has 2 rings (SSSR count). The monoisotopic (exact) mass is 278 g/mol. The third kappa shape index (κ3) is 5.30. The standard InChI is InChI=1S/C14H25F3N2/c1-10(2)7-18-12-5-11(6-14(15,16)17)8-19(9-12)13-3-4-13/h10-13,18H,3-9H2,1-2H3. The topological polar surface area (TPSA) is 15.3 Å². The Morgan fingerprint density at radius 3 is 2.42 bits per heavy atom. The van der Waals surface area contributed by atoms with Crippen molar-refractivity contribution in [1.82, 2.24) is 10.2 Å². The zero-order valence-corrected chi connectivity index (χ0v) is 11.8. The fourth-order valence-electron chi connectivity index (χ4n) is 3.00. The summed E-state index contributed by atoms with van der Waals surface area (Å²) in [5.74, 6) is 0.302. The van der Waals surface area contributed by atoms with Crippen LogP contribution in [0.15, 0.2) is 0 Å². The van der Waals surface area contributed by atoms with Gasteiger partial charge < -0.3 is 5.32 Å². The minimum Gasteiger partial charge on any atom is -0.312 e. The molecule has 1 N–H and O–H groups in total. The van der Waals surface area contributed by atoms with Crippen molar-refractivity contribution in [2.75, 3.05) is 19.6 Å². The lowest BCUT2D eigenvalue weighted by Gasteiger charge is -2.39. The van der Waals surface area contributed by atoms with E-state index in [0.717, 1.165) is 25.9 Å². The van der Waals surface area contributed by atoms with Gasteiger partial charge in [-0.3, -0.25) is 4.90 Å². The minimum atomic E-state index is -4.03. The van der Waals surface area contributed by atoms with Gasteiger partial charge in [0.25, 0.3) is 0 Å². The molecule has 1 heterocycles. The van der Waals surface area contributed by atoms with Gasteiger partial charge in [0.05, 0.1) is 0 Å². The fourth-order valence-corrected chi connectivity index (χ4v) is 3.00. The first-order chi connectivity index (χ1) is 8.83. The number of nitrogens with one attached hydrogen (secondary N) is 1. The van der Waals surface area contributed by atoms with Crippen LogP contribution in [0, 0.1) is 11.8 Å². The summed E-state index contributed by atoms with van der Waals surface area (Å²) in [6.45, 7) is 6.70. The first kappa shape index (κ1) is 15.1. The van der Waals surface area contributed by atoms with E-state index in [1.54, 1.807) is 0 Å². The highest BCUT2D eigenvalue weighted by molar-refractivity contribution is 4.93. The maximum Gasteiger partial charge on any atom is 0.389 e. The summed E-state index contributed by atoms with van der Waals surface area (Å²) in [5.41, 5.74) is 0. The lowest BCUT2D eigenvalue weighted by atomic mass is 9.91. The number of halogens is 3. The Labute approximate surface area is 113 Å². The van der Waals surface area contributed by atoms with Crippen molar-refractivity contribution in [2.45, 2.75) is 57.8 Å². The van der Waals surface area contributed by atoms with Crippen molar-refractivity contribution >= 4 is 0 Å². The molecule has 19 heavy (non-hydrogen) atoms. The molecule has 0 aromatic rings. The average molecular weight is 278 g/mol. The second-order valence-electron chi connectivity index (χ2n) is 6.61. The molecule has 2 unspecified atom stereocenters. The Morgan fingerprint density at radius 1 is 1.21 bits per heavy atom. The largest absolute Gasteiger partial charge is 0.389 e. The van der Waals surface area contributed by atoms with Gasteiger partial charge in [0.2, 0.25) is 0 Å². The van der Waals surface area contributed by atoms with E-state index in [1.165, 1.54) is 0 Å². The SMILES string of the molecule is CC(C)CNC1CC(CC(F)(F)F)CN(C2CC2)C1. The second kappa shape index (κ2) is 6.00. The molecule has 0 aromatic heterocycles. The molecule has 1 saturated heterocycles. The summed E-state index contributed by atoms with van der Waals surface area (Å²) < 4.78 is 37.8. The van der Waals surface area contributed by atoms with Gasteiger partial charge in [-0.1, -0.05) is 13.8 Å². The number of piperidine rings is 1. The van der Waals surface area contributed by atoms with Crippen molar-refractivity contribution in [3.05, 3.63) is 0 Å². The zero-order valence-electron chi connectivity index (χ0n) is 11.8. The molecule has 1 aliphatic heterocycles. The third-order valence-corrected chi connectivity index (χ3v) is 3.96. The van der Waals surface area contributed by atoms with Crippen molar-refractivity contribution < 1.29 is 13.2 Å². The van der Waals surface area contributed by atoms with Crippen LogP contribution in [0.3, 0.4) is 0 Å². The van der Waals surface area contributed by atoms with Gasteiger partial charge in [-0.2, -0.15) is 13.2 Å². The Balaban J connectivity index is 1.88. The van der Waals surface area contributed by atoms with E-state index in [4.69, 9.17) is 0 Å². The van der Waals surface area contributed by atoms with Gasteiger partial charge in [0.15, 0.2) is 0 Å². The molecular formula is C14H25F3N2. The average Bonchev–Trinajstić information content (AvgIpc) is 3.07. The Bertz CT molecular complexity index is 287. The van der Waals surface area contributed by atoms with Gasteiger partial charge in [-0.15, -0.1) is 0 Å². The van der Waals surface area contributed by atoms with Crippen LogP contribution in [-0.2, 0) is 0 Å². The first-order valence-corrected chi connectivity index (χ1v) is 7.37. The maximum absolute atomic E-state index is 12.6. The number of rotatable bonds is 5. The van der Waals surface area contributed by atoms with Crippen LogP contribution < -0.4 is 5.32 Å². The molecule has 0 amide bonds. The zero-order chi connectivity index (χ0) is 14.0. The normalized spacial score (nSPS) is 30.0. The van der Waals surface area contributed by atoms with Crippen LogP contribution in [0.25, 0.3) is 0 Å². The maximum atomic E-state index is 12.6. The number of likely N-dealkylation sites (tertiary alicyclic amines) is 1. The molecule has 1 aliphatic carbocycles. The minimum absolute atomic E-state index is 0.226. The molecule has 0 spiro atoms. The number of nitrogens with zero attached hydrogens (tertiary/aromatic N) is 1. The van der Waals surface area contributed by atoms with E-state index >= 15 is 0 Å². The highest BCUT2D eigenvalue weighted by Gasteiger charge is 2.40. The first-order valence-electron chi connectivity index (χ1n) is 7.37. The summed E-state index contributed by atoms with van der Waals surface area (Å²) in [4.78, 5) is 2.28. The number of hydrogen-bond donors (Lipinski definition) is 1. The Kier molecular flexibility index (Phi) is 4.77. The number of alkyl halides is 3. The van der Waals surface area contributed by atoms with Gasteiger partial charge in [0, 0.05) is 31.6 Å². The summed E-state index contributed by atoms with van der Waals surface area (Å²) in [7, 11) is 0. The summed E-state index contributed by atoms with van der Waals surface area (Å²) in [6.07, 6.45) is -1.67. The fraction of sp³-hybridized carbons (Fsp3) is 1.00. The molecule has 2 fully saturated rings. The van der Waals surface area contributed by atoms with Gasteiger partial charge >= 0.3 is 6.18 Å². The molecule has 5 heteroatoms. The lowest BCUT2D eigenvalue weighted by Crippen LogP contribution is -2.51. The van der Waals surface area contributed by atoms with Crippen LogP contribution in [0.2, 0.25) is 0 Å². The van der Waals surface area contributed by atoms with Crippen molar-refractivity contribution in [3.63, 3.8) is 0 Å². The van der Waals surface area contributed by atoms with Crippen LogP contribution in [0.5, 0.6) is 0 Å².